The van der Waals surface area contributed by atoms with Gasteiger partial charge in [-0.3, -0.25) is 4.79 Å². The summed E-state index contributed by atoms with van der Waals surface area (Å²) < 4.78 is 0. The number of nitrogens with zero attached hydrogens (tertiary/aromatic N) is 3. The lowest BCUT2D eigenvalue weighted by atomic mass is 10.1. The van der Waals surface area contributed by atoms with E-state index >= 15 is 0 Å². The number of hydrogen-bond donors (Lipinski definition) is 3. The molecule has 0 aliphatic heterocycles. The van der Waals surface area contributed by atoms with E-state index in [0.717, 1.165) is 5.52 Å². The number of carbonyl (C=O) groups is 1. The van der Waals surface area contributed by atoms with Crippen LogP contribution in [0.4, 0.5) is 0 Å². The molecule has 7 nitrogen and oxygen atoms in total. The van der Waals surface area contributed by atoms with E-state index in [1.807, 2.05) is 0 Å². The van der Waals surface area contributed by atoms with Crippen molar-refractivity contribution in [2.24, 2.45) is 11.7 Å². The maximum Gasteiger partial charge on any atom is 0.320 e. The Balaban J connectivity index is 0.000000172. The highest BCUT2D eigenvalue weighted by Crippen LogP contribution is 1.99. The number of nitrogens with one attached hydrogen (secondary N) is 1. The summed E-state index contributed by atoms with van der Waals surface area (Å²) in [6.07, 6.45) is 4.76. The number of carboxylic acid groups (broad SMARTS) is 1. The molecule has 2 aromatic rings. The van der Waals surface area contributed by atoms with Gasteiger partial charge < -0.3 is 15.8 Å². The van der Waals surface area contributed by atoms with Crippen LogP contribution in [-0.2, 0) is 4.79 Å². The number of fused-ring (bicyclic) bond motifs is 1. The van der Waals surface area contributed by atoms with Crippen LogP contribution in [0.15, 0.2) is 18.9 Å². The molecular weight excluding hydrogens is 222 g/mol. The standard InChI is InChI=1S/C5H4N4.C5H11NO2/c1-4-5(8-2-6-1)9-3-7-4;1-3(2)4(6)5(7)8/h1-3H,(H,6,7,8,9);3-4H,6H2,1-2H3,(H,7,8)/t;4-/m.0/s1. The summed E-state index contributed by atoms with van der Waals surface area (Å²) in [5.74, 6) is -0.910. The molecule has 2 heterocycles. The van der Waals surface area contributed by atoms with Gasteiger partial charge in [0.25, 0.3) is 0 Å². The Morgan fingerprint density at radius 1 is 1.47 bits per heavy atom. The Labute approximate surface area is 98.1 Å². The number of aromatic nitrogens is 4. The molecular formula is C10H15N5O2. The fraction of sp³-hybridized carbons (Fsp3) is 0.400. The van der Waals surface area contributed by atoms with E-state index in [2.05, 4.69) is 19.9 Å². The second kappa shape index (κ2) is 5.90. The molecule has 0 aliphatic carbocycles. The summed E-state index contributed by atoms with van der Waals surface area (Å²) in [6, 6.07) is -0.713. The van der Waals surface area contributed by atoms with Gasteiger partial charge in [-0.2, -0.15) is 0 Å². The van der Waals surface area contributed by atoms with Gasteiger partial charge in [-0.05, 0) is 5.92 Å². The van der Waals surface area contributed by atoms with Crippen LogP contribution in [0.1, 0.15) is 13.8 Å². The number of rotatable bonds is 2. The third kappa shape index (κ3) is 3.80. The van der Waals surface area contributed by atoms with Gasteiger partial charge in [0, 0.05) is 0 Å². The van der Waals surface area contributed by atoms with Crippen molar-refractivity contribution in [2.45, 2.75) is 19.9 Å². The fourth-order valence-corrected chi connectivity index (χ4v) is 0.976. The van der Waals surface area contributed by atoms with Crippen molar-refractivity contribution >= 4 is 17.1 Å². The van der Waals surface area contributed by atoms with Crippen LogP contribution in [-0.4, -0.2) is 37.1 Å². The molecule has 0 aromatic carbocycles. The lowest BCUT2D eigenvalue weighted by Crippen LogP contribution is -2.34. The summed E-state index contributed by atoms with van der Waals surface area (Å²) in [6.45, 7) is 3.55. The third-order valence-electron chi connectivity index (χ3n) is 2.10. The molecule has 0 bridgehead atoms. The fourth-order valence-electron chi connectivity index (χ4n) is 0.976. The Kier molecular flexibility index (Phi) is 4.53. The number of hydrogen-bond acceptors (Lipinski definition) is 5. The van der Waals surface area contributed by atoms with Crippen molar-refractivity contribution < 1.29 is 9.90 Å². The molecule has 0 radical (unpaired) electrons. The summed E-state index contributed by atoms with van der Waals surface area (Å²) in [5, 5.41) is 8.23. The second-order valence-corrected chi connectivity index (χ2v) is 3.77. The topological polar surface area (TPSA) is 118 Å². The number of carboxylic acids is 1. The number of imidazole rings is 1. The van der Waals surface area contributed by atoms with Crippen molar-refractivity contribution in [1.29, 1.82) is 0 Å². The molecule has 0 fully saturated rings. The molecule has 4 N–H and O–H groups in total. The van der Waals surface area contributed by atoms with Crippen molar-refractivity contribution in [2.75, 3.05) is 0 Å². The SMILES string of the molecule is CC(C)[C@H](N)C(=O)O.c1ncc2[nH]cnc2n1. The normalized spacial score (nSPS) is 12.0. The zero-order valence-corrected chi connectivity index (χ0v) is 9.66. The summed E-state index contributed by atoms with van der Waals surface area (Å²) in [5.41, 5.74) is 6.75. The average molecular weight is 237 g/mol. The highest BCUT2D eigenvalue weighted by atomic mass is 16.4. The smallest absolute Gasteiger partial charge is 0.320 e. The van der Waals surface area contributed by atoms with Crippen molar-refractivity contribution in [3.8, 4) is 0 Å². The van der Waals surface area contributed by atoms with Crippen LogP contribution in [0.3, 0.4) is 0 Å². The minimum atomic E-state index is -0.931. The highest BCUT2D eigenvalue weighted by molar-refractivity contribution is 5.73. The number of aliphatic carboxylic acids is 1. The molecule has 2 rings (SSSR count). The van der Waals surface area contributed by atoms with Gasteiger partial charge in [0.2, 0.25) is 0 Å². The molecule has 0 aliphatic rings. The highest BCUT2D eigenvalue weighted by Gasteiger charge is 2.14. The lowest BCUT2D eigenvalue weighted by Gasteiger charge is -2.07. The quantitative estimate of drug-likeness (QED) is 0.696. The van der Waals surface area contributed by atoms with Gasteiger partial charge in [-0.1, -0.05) is 13.8 Å². The Bertz CT molecular complexity index is 452. The molecule has 0 unspecified atom stereocenters. The predicted molar refractivity (Wildman–Crippen MR) is 62.1 cm³/mol. The van der Waals surface area contributed by atoms with E-state index in [0.29, 0.717) is 5.65 Å². The Morgan fingerprint density at radius 3 is 2.65 bits per heavy atom. The number of aromatic amines is 1. The molecule has 7 heteroatoms. The average Bonchev–Trinajstić information content (AvgIpc) is 2.76. The van der Waals surface area contributed by atoms with E-state index in [9.17, 15) is 4.79 Å². The molecule has 0 saturated carbocycles. The van der Waals surface area contributed by atoms with Crippen LogP contribution >= 0.6 is 0 Å². The zero-order valence-electron chi connectivity index (χ0n) is 9.66. The van der Waals surface area contributed by atoms with Gasteiger partial charge in [-0.15, -0.1) is 0 Å². The van der Waals surface area contributed by atoms with Gasteiger partial charge in [0.05, 0.1) is 12.5 Å². The number of H-pyrrole nitrogens is 1. The van der Waals surface area contributed by atoms with E-state index in [1.165, 1.54) is 6.33 Å². The molecule has 17 heavy (non-hydrogen) atoms. The summed E-state index contributed by atoms with van der Waals surface area (Å²) in [7, 11) is 0. The maximum atomic E-state index is 10.0. The van der Waals surface area contributed by atoms with Gasteiger partial charge in [0.1, 0.15) is 17.9 Å². The summed E-state index contributed by atoms with van der Waals surface area (Å²) in [4.78, 5) is 24.5. The molecule has 0 saturated heterocycles. The minimum absolute atomic E-state index is 0.0208. The first kappa shape index (κ1) is 13.0. The van der Waals surface area contributed by atoms with Gasteiger partial charge >= 0.3 is 5.97 Å². The molecule has 2 aromatic heterocycles. The zero-order chi connectivity index (χ0) is 12.8. The Hall–Kier alpha value is -2.02. The molecule has 1 atom stereocenters. The summed E-state index contributed by atoms with van der Waals surface area (Å²) >= 11 is 0. The van der Waals surface area contributed by atoms with Crippen LogP contribution in [0.5, 0.6) is 0 Å². The van der Waals surface area contributed by atoms with Crippen LogP contribution in [0, 0.1) is 5.92 Å². The number of nitrogens with two attached hydrogens (primary N) is 1. The van der Waals surface area contributed by atoms with Crippen LogP contribution in [0.25, 0.3) is 11.2 Å². The van der Waals surface area contributed by atoms with E-state index in [-0.39, 0.29) is 5.92 Å². The van der Waals surface area contributed by atoms with Crippen LogP contribution in [0.2, 0.25) is 0 Å². The first-order valence-electron chi connectivity index (χ1n) is 5.10. The van der Waals surface area contributed by atoms with Crippen molar-refractivity contribution in [1.82, 2.24) is 19.9 Å². The molecule has 0 spiro atoms. The largest absolute Gasteiger partial charge is 0.480 e. The minimum Gasteiger partial charge on any atom is -0.480 e. The van der Waals surface area contributed by atoms with Crippen molar-refractivity contribution in [3.63, 3.8) is 0 Å². The van der Waals surface area contributed by atoms with Crippen molar-refractivity contribution in [3.05, 3.63) is 18.9 Å². The van der Waals surface area contributed by atoms with Gasteiger partial charge in [0.15, 0.2) is 5.65 Å². The Morgan fingerprint density at radius 2 is 2.18 bits per heavy atom. The monoisotopic (exact) mass is 237 g/mol. The first-order valence-corrected chi connectivity index (χ1v) is 5.10. The van der Waals surface area contributed by atoms with Crippen LogP contribution < -0.4 is 5.73 Å². The van der Waals surface area contributed by atoms with E-state index in [1.54, 1.807) is 26.4 Å². The molecule has 0 amide bonds. The van der Waals surface area contributed by atoms with Gasteiger partial charge in [-0.25, -0.2) is 15.0 Å². The second-order valence-electron chi connectivity index (χ2n) is 3.77. The van der Waals surface area contributed by atoms with E-state index in [4.69, 9.17) is 10.8 Å². The van der Waals surface area contributed by atoms with E-state index < -0.39 is 12.0 Å². The molecule has 92 valence electrons. The third-order valence-corrected chi connectivity index (χ3v) is 2.10. The lowest BCUT2D eigenvalue weighted by molar-refractivity contribution is -0.139. The predicted octanol–water partition coefficient (Wildman–Crippen LogP) is 0.407. The first-order chi connectivity index (χ1) is 8.02. The maximum absolute atomic E-state index is 10.0.